The van der Waals surface area contributed by atoms with E-state index in [0.29, 0.717) is 0 Å². The SMILES string of the molecule is Cc1cccc(S(=O)(=O)CC(C)C)n1. The van der Waals surface area contributed by atoms with Gasteiger partial charge in [-0.15, -0.1) is 0 Å². The minimum absolute atomic E-state index is 0.127. The van der Waals surface area contributed by atoms with Gasteiger partial charge in [-0.25, -0.2) is 13.4 Å². The van der Waals surface area contributed by atoms with Crippen molar-refractivity contribution < 1.29 is 8.42 Å². The lowest BCUT2D eigenvalue weighted by atomic mass is 10.3. The van der Waals surface area contributed by atoms with Crippen molar-refractivity contribution >= 4 is 9.84 Å². The van der Waals surface area contributed by atoms with E-state index in [-0.39, 0.29) is 16.7 Å². The molecule has 1 rings (SSSR count). The number of pyridine rings is 1. The minimum atomic E-state index is -3.19. The van der Waals surface area contributed by atoms with Crippen molar-refractivity contribution in [2.45, 2.75) is 25.8 Å². The first kappa shape index (κ1) is 11.2. The Labute approximate surface area is 85.1 Å². The van der Waals surface area contributed by atoms with Gasteiger partial charge in [0.15, 0.2) is 14.9 Å². The Morgan fingerprint density at radius 2 is 2.00 bits per heavy atom. The van der Waals surface area contributed by atoms with Gasteiger partial charge in [0, 0.05) is 5.69 Å². The quantitative estimate of drug-likeness (QED) is 0.769. The molecule has 0 aliphatic carbocycles. The summed E-state index contributed by atoms with van der Waals surface area (Å²) in [7, 11) is -3.19. The summed E-state index contributed by atoms with van der Waals surface area (Å²) >= 11 is 0. The number of rotatable bonds is 3. The molecule has 1 aromatic heterocycles. The van der Waals surface area contributed by atoms with E-state index in [4.69, 9.17) is 0 Å². The van der Waals surface area contributed by atoms with Crippen LogP contribution in [0.3, 0.4) is 0 Å². The van der Waals surface area contributed by atoms with Crippen molar-refractivity contribution in [3.05, 3.63) is 23.9 Å². The van der Waals surface area contributed by atoms with Gasteiger partial charge in [0.2, 0.25) is 0 Å². The Morgan fingerprint density at radius 3 is 2.50 bits per heavy atom. The summed E-state index contributed by atoms with van der Waals surface area (Å²) in [5.74, 6) is 0.283. The molecule has 0 N–H and O–H groups in total. The molecular weight excluding hydrogens is 198 g/mol. The van der Waals surface area contributed by atoms with Crippen molar-refractivity contribution in [2.75, 3.05) is 5.75 Å². The smallest absolute Gasteiger partial charge is 0.195 e. The lowest BCUT2D eigenvalue weighted by Gasteiger charge is -2.06. The van der Waals surface area contributed by atoms with E-state index in [0.717, 1.165) is 5.69 Å². The summed E-state index contributed by atoms with van der Waals surface area (Å²) in [6.45, 7) is 5.55. The number of nitrogens with zero attached hydrogens (tertiary/aromatic N) is 1. The monoisotopic (exact) mass is 213 g/mol. The molecule has 0 radical (unpaired) electrons. The maximum absolute atomic E-state index is 11.7. The van der Waals surface area contributed by atoms with Crippen LogP contribution in [0, 0.1) is 12.8 Å². The van der Waals surface area contributed by atoms with Crippen LogP contribution in [0.25, 0.3) is 0 Å². The largest absolute Gasteiger partial charge is 0.242 e. The maximum atomic E-state index is 11.7. The Bertz CT molecular complexity index is 410. The molecule has 0 unspecified atom stereocenters. The highest BCUT2D eigenvalue weighted by Gasteiger charge is 2.17. The second-order valence-corrected chi connectivity index (χ2v) is 5.77. The molecule has 1 aromatic rings. The highest BCUT2D eigenvalue weighted by atomic mass is 32.2. The van der Waals surface area contributed by atoms with E-state index in [2.05, 4.69) is 4.98 Å². The second kappa shape index (κ2) is 4.09. The molecular formula is C10H15NO2S. The van der Waals surface area contributed by atoms with E-state index in [1.165, 1.54) is 0 Å². The number of hydrogen-bond donors (Lipinski definition) is 0. The van der Waals surface area contributed by atoms with E-state index in [9.17, 15) is 8.42 Å². The highest BCUT2D eigenvalue weighted by Crippen LogP contribution is 2.11. The van der Waals surface area contributed by atoms with Crippen molar-refractivity contribution in [1.29, 1.82) is 0 Å². The number of aryl methyl sites for hydroxylation is 1. The molecule has 0 spiro atoms. The third-order valence-corrected chi connectivity index (χ3v) is 3.70. The fraction of sp³-hybridized carbons (Fsp3) is 0.500. The van der Waals surface area contributed by atoms with Gasteiger partial charge < -0.3 is 0 Å². The van der Waals surface area contributed by atoms with Crippen LogP contribution < -0.4 is 0 Å². The van der Waals surface area contributed by atoms with Gasteiger partial charge in [-0.05, 0) is 25.0 Å². The van der Waals surface area contributed by atoms with Gasteiger partial charge in [-0.1, -0.05) is 19.9 Å². The normalized spacial score (nSPS) is 12.0. The third-order valence-electron chi connectivity index (χ3n) is 1.73. The molecule has 0 saturated heterocycles. The average molecular weight is 213 g/mol. The van der Waals surface area contributed by atoms with E-state index >= 15 is 0 Å². The molecule has 4 heteroatoms. The summed E-state index contributed by atoms with van der Waals surface area (Å²) < 4.78 is 23.5. The van der Waals surface area contributed by atoms with Crippen molar-refractivity contribution in [3.63, 3.8) is 0 Å². The molecule has 14 heavy (non-hydrogen) atoms. The number of aromatic nitrogens is 1. The fourth-order valence-corrected chi connectivity index (χ4v) is 2.83. The standard InChI is InChI=1S/C10H15NO2S/c1-8(2)7-14(12,13)10-6-4-5-9(3)11-10/h4-6,8H,7H2,1-3H3. The summed E-state index contributed by atoms with van der Waals surface area (Å²) in [6, 6.07) is 5.05. The van der Waals surface area contributed by atoms with Gasteiger partial charge in [0.25, 0.3) is 0 Å². The minimum Gasteiger partial charge on any atom is -0.242 e. The first-order valence-corrected chi connectivity index (χ1v) is 6.23. The van der Waals surface area contributed by atoms with Crippen molar-refractivity contribution in [2.24, 2.45) is 5.92 Å². The van der Waals surface area contributed by atoms with Crippen LogP contribution in [0.15, 0.2) is 23.2 Å². The Balaban J connectivity index is 3.05. The molecule has 0 aliphatic heterocycles. The van der Waals surface area contributed by atoms with Crippen LogP contribution >= 0.6 is 0 Å². The molecule has 1 heterocycles. The van der Waals surface area contributed by atoms with Gasteiger partial charge >= 0.3 is 0 Å². The first-order valence-electron chi connectivity index (χ1n) is 4.58. The summed E-state index contributed by atoms with van der Waals surface area (Å²) in [6.07, 6.45) is 0. The van der Waals surface area contributed by atoms with Gasteiger partial charge in [0.1, 0.15) is 0 Å². The van der Waals surface area contributed by atoms with Crippen LogP contribution in [0.2, 0.25) is 0 Å². The lowest BCUT2D eigenvalue weighted by Crippen LogP contribution is -2.13. The van der Waals surface area contributed by atoms with E-state index in [1.807, 2.05) is 13.8 Å². The molecule has 0 saturated carbocycles. The number of hydrogen-bond acceptors (Lipinski definition) is 3. The van der Waals surface area contributed by atoms with E-state index < -0.39 is 9.84 Å². The van der Waals surface area contributed by atoms with Gasteiger partial charge in [-0.2, -0.15) is 0 Å². The number of sulfone groups is 1. The Morgan fingerprint density at radius 1 is 1.36 bits per heavy atom. The summed E-state index contributed by atoms with van der Waals surface area (Å²) in [5.41, 5.74) is 0.731. The predicted octanol–water partition coefficient (Wildman–Crippen LogP) is 1.82. The lowest BCUT2D eigenvalue weighted by molar-refractivity contribution is 0.578. The summed E-state index contributed by atoms with van der Waals surface area (Å²) in [4.78, 5) is 4.01. The molecule has 0 aliphatic rings. The molecule has 0 bridgehead atoms. The Kier molecular flexibility index (Phi) is 3.26. The zero-order valence-electron chi connectivity index (χ0n) is 8.69. The van der Waals surface area contributed by atoms with Gasteiger partial charge in [0.05, 0.1) is 5.75 Å². The molecule has 78 valence electrons. The van der Waals surface area contributed by atoms with Crippen molar-refractivity contribution in [3.8, 4) is 0 Å². The maximum Gasteiger partial charge on any atom is 0.195 e. The van der Waals surface area contributed by atoms with Crippen LogP contribution in [-0.4, -0.2) is 19.2 Å². The first-order chi connectivity index (χ1) is 6.42. The summed E-state index contributed by atoms with van der Waals surface area (Å²) in [5, 5.41) is 0.186. The van der Waals surface area contributed by atoms with Crippen LogP contribution in [0.5, 0.6) is 0 Å². The molecule has 0 atom stereocenters. The van der Waals surface area contributed by atoms with Gasteiger partial charge in [-0.3, -0.25) is 0 Å². The predicted molar refractivity (Wildman–Crippen MR) is 55.9 cm³/mol. The molecule has 0 amide bonds. The topological polar surface area (TPSA) is 47.0 Å². The third kappa shape index (κ3) is 2.80. The van der Waals surface area contributed by atoms with Crippen LogP contribution in [-0.2, 0) is 9.84 Å². The Hall–Kier alpha value is -0.900. The zero-order chi connectivity index (χ0) is 10.8. The molecule has 0 aromatic carbocycles. The van der Waals surface area contributed by atoms with Crippen LogP contribution in [0.1, 0.15) is 19.5 Å². The van der Waals surface area contributed by atoms with Crippen molar-refractivity contribution in [1.82, 2.24) is 4.98 Å². The fourth-order valence-electron chi connectivity index (χ4n) is 1.22. The van der Waals surface area contributed by atoms with E-state index in [1.54, 1.807) is 25.1 Å². The highest BCUT2D eigenvalue weighted by molar-refractivity contribution is 7.91. The molecule has 0 fully saturated rings. The second-order valence-electron chi connectivity index (χ2n) is 3.79. The zero-order valence-corrected chi connectivity index (χ0v) is 9.50. The van der Waals surface area contributed by atoms with Crippen LogP contribution in [0.4, 0.5) is 0 Å². The average Bonchev–Trinajstić information content (AvgIpc) is 2.01. The molecule has 3 nitrogen and oxygen atoms in total.